The second-order valence-corrected chi connectivity index (χ2v) is 25.4. The summed E-state index contributed by atoms with van der Waals surface area (Å²) in [6, 6.07) is 0. The molecular weight excluding hydrogens is 1350 g/mol. The second-order valence-electron chi connectivity index (χ2n) is 25.4. The molecule has 0 bridgehead atoms. The van der Waals surface area contributed by atoms with E-state index < -0.39 is 323 Å². The molecule has 0 aromatic carbocycles. The Morgan fingerprint density at radius 2 is 0.418 bits per heavy atom. The van der Waals surface area contributed by atoms with Crippen LogP contribution in [0.5, 0.6) is 0 Å². The molecule has 9 heterocycles. The number of aliphatic hydroxyl groups is 27. The third-order valence-corrected chi connectivity index (χ3v) is 18.6. The number of aliphatic hydroxyl groups excluding tert-OH is 27. The van der Waals surface area contributed by atoms with Crippen molar-refractivity contribution in [2.75, 3.05) is 46.2 Å². The van der Waals surface area contributed by atoms with Gasteiger partial charge >= 0.3 is 0 Å². The van der Waals surface area contributed by atoms with Crippen LogP contribution in [0.25, 0.3) is 0 Å². The summed E-state index contributed by atoms with van der Waals surface area (Å²) in [5.41, 5.74) is 0. The lowest BCUT2D eigenvalue weighted by Gasteiger charge is -2.47. The Morgan fingerprint density at radius 3 is 0.714 bits per heavy atom. The zero-order valence-electron chi connectivity index (χ0n) is 51.9. The number of ether oxygens (including phenoxy) is 17. The van der Waals surface area contributed by atoms with Crippen LogP contribution in [0.4, 0.5) is 0 Å². The summed E-state index contributed by atoms with van der Waals surface area (Å²) >= 11 is 0. The van der Waals surface area contributed by atoms with Crippen LogP contribution >= 0.6 is 0 Å². The molecule has 44 heteroatoms. The molecule has 1 unspecified atom stereocenters. The molecule has 9 aliphatic heterocycles. The summed E-state index contributed by atoms with van der Waals surface area (Å²) in [6.45, 7) is -3.56. The molecule has 572 valence electrons. The monoisotopic (exact) mass is 1440 g/mol. The lowest BCUT2D eigenvalue weighted by atomic mass is 9.97. The molecule has 0 saturated carbocycles. The van der Waals surface area contributed by atoms with Crippen LogP contribution in [0.15, 0.2) is 0 Å². The van der Waals surface area contributed by atoms with E-state index in [-0.39, 0.29) is 0 Å². The van der Waals surface area contributed by atoms with Crippen molar-refractivity contribution in [1.82, 2.24) is 0 Å². The minimum absolute atomic E-state index is 0.819. The van der Waals surface area contributed by atoms with Gasteiger partial charge in [0.05, 0.1) is 58.5 Å². The summed E-state index contributed by atoms with van der Waals surface area (Å²) < 4.78 is 95.8. The van der Waals surface area contributed by atoms with Gasteiger partial charge < -0.3 is 218 Å². The summed E-state index contributed by atoms with van der Waals surface area (Å²) in [7, 11) is 0. The molecule has 0 aliphatic carbocycles. The van der Waals surface area contributed by atoms with Crippen LogP contribution in [0.3, 0.4) is 0 Å². The van der Waals surface area contributed by atoms with Crippen LogP contribution in [0.2, 0.25) is 0 Å². The molecule has 0 radical (unpaired) electrons. The van der Waals surface area contributed by atoms with Gasteiger partial charge in [-0.2, -0.15) is 0 Å². The normalized spacial score (nSPS) is 54.5. The number of rotatable bonds is 23. The van der Waals surface area contributed by atoms with Gasteiger partial charge in [0.1, 0.15) is 208 Å². The maximum atomic E-state index is 11.5. The zero-order valence-corrected chi connectivity index (χ0v) is 51.9. The van der Waals surface area contributed by atoms with Crippen LogP contribution in [0.1, 0.15) is 13.8 Å². The molecule has 9 rings (SSSR count). The van der Waals surface area contributed by atoms with Gasteiger partial charge in [-0.15, -0.1) is 0 Å². The van der Waals surface area contributed by atoms with Gasteiger partial charge in [-0.25, -0.2) is 0 Å². The van der Waals surface area contributed by atoms with E-state index >= 15 is 0 Å². The lowest BCUT2D eigenvalue weighted by Crippen LogP contribution is -2.65. The van der Waals surface area contributed by atoms with Crippen molar-refractivity contribution in [1.29, 1.82) is 0 Å². The topological polar surface area (TPSA) is 703 Å². The van der Waals surface area contributed by atoms with E-state index in [0.29, 0.717) is 0 Å². The van der Waals surface area contributed by atoms with E-state index in [1.807, 2.05) is 0 Å². The Kier molecular flexibility index (Phi) is 28.0. The van der Waals surface area contributed by atoms with Crippen LogP contribution in [-0.4, -0.2) is 460 Å². The predicted octanol–water partition coefficient (Wildman–Crippen LogP) is -18.6. The quantitative estimate of drug-likeness (QED) is 0.0452. The molecule has 27 N–H and O–H groups in total. The van der Waals surface area contributed by atoms with E-state index in [9.17, 15) is 138 Å². The zero-order chi connectivity index (χ0) is 72.0. The summed E-state index contributed by atoms with van der Waals surface area (Å²) in [5, 5.41) is 289. The van der Waals surface area contributed by atoms with E-state index in [0.717, 1.165) is 0 Å². The van der Waals surface area contributed by atoms with Crippen LogP contribution < -0.4 is 0 Å². The van der Waals surface area contributed by atoms with E-state index in [1.165, 1.54) is 13.8 Å². The van der Waals surface area contributed by atoms with Crippen molar-refractivity contribution in [3.63, 3.8) is 0 Å². The van der Waals surface area contributed by atoms with Crippen molar-refractivity contribution in [3.8, 4) is 0 Å². The lowest BCUT2D eigenvalue weighted by molar-refractivity contribution is -0.377. The molecule has 0 amide bonds. The number of hydrogen-bond acceptors (Lipinski definition) is 44. The smallest absolute Gasteiger partial charge is 0.187 e. The maximum Gasteiger partial charge on any atom is 0.187 e. The van der Waals surface area contributed by atoms with E-state index in [4.69, 9.17) is 80.5 Å². The van der Waals surface area contributed by atoms with Gasteiger partial charge in [0.2, 0.25) is 0 Å². The molecular formula is C54H92O44. The molecule has 0 aromatic heterocycles. The standard InChI is InChI=1S/C54H92O44/c1-10-19(56)28(65)42(79)51(88-10)97-44-35(72)27(64)18(95-53(44)86-4-13-22(59)30(67)37(74)46(81)90-13)8-85-50-40(77)33(70)24(61)15(93-50)5-83-48-39(76)32(69)23(60)14(92-48)6-84-49-41(78)34(71)25(62)16(94-49)9-87-54-45(98-52-43(80)29(66)20(57)11(2)89-52)36(73)26(63)17(96-54)7-82-47-38(75)31(68)21(58)12(3-55)91-47/h10-81H,3-9H2,1-2H3/t10-,11-,12+,13+,14+,15+,16+,17+,18+,19+,20+,21-,22-,23-,24-,25-,26-,27-,28+,29+,30-,31-,32-,33-,34-,35-,36-,37+,38+,39+,40+,41+,42-,43-,44+,45+,46?,47-,48-,49-,50-,51-,52-,53-,54-/m0/s1. The van der Waals surface area contributed by atoms with Crippen LogP contribution in [0, 0.1) is 0 Å². The van der Waals surface area contributed by atoms with E-state index in [2.05, 4.69) is 0 Å². The SMILES string of the molecule is C[C@@H]1O[C@@H](O[C@H]2[C@@H](OC[C@H]3O[C@H](OC[C@H]4O[C@H](OC[C@H]5O[C@H](OC[C@H]6O[C@H](OC[C@H]7OC(O)[C@H](O)[C@@H](O)[C@H]7O)[C@H](O[C@@H]7O[C@@H](C)[C@@H](O)[C@@H](O)[C@@H]7O)[C@@H](O)[C@H]6O)[C@H](O)[C@@H](O)[C@H]5O)[C@H](O)[C@@H](O)[C@H]4O)[C@H](O)[C@@H](O)[C@H]3O)O[C@H](CO[C@H]3O[C@H](CO)[C@H](O)[C@H](O)[C@H]3O)[C@H](O)[C@@H]2O)[C@@H](O)[C@H](O)[C@@H]1O. The van der Waals surface area contributed by atoms with E-state index in [1.54, 1.807) is 0 Å². The minimum Gasteiger partial charge on any atom is -0.394 e. The Hall–Kier alpha value is -1.76. The molecule has 0 aromatic rings. The van der Waals surface area contributed by atoms with Gasteiger partial charge in [-0.3, -0.25) is 0 Å². The first-order valence-electron chi connectivity index (χ1n) is 31.4. The highest BCUT2D eigenvalue weighted by Gasteiger charge is 2.57. The average molecular weight is 1450 g/mol. The fourth-order valence-electron chi connectivity index (χ4n) is 12.2. The third-order valence-electron chi connectivity index (χ3n) is 18.6. The van der Waals surface area contributed by atoms with Crippen molar-refractivity contribution < 1.29 is 218 Å². The van der Waals surface area contributed by atoms with Crippen molar-refractivity contribution in [2.45, 2.75) is 290 Å². The fraction of sp³-hybridized carbons (Fsp3) is 1.00. The summed E-state index contributed by atoms with van der Waals surface area (Å²) in [6.07, 6.45) is -85.1. The highest BCUT2D eigenvalue weighted by atomic mass is 16.8. The van der Waals surface area contributed by atoms with Crippen molar-refractivity contribution in [3.05, 3.63) is 0 Å². The first-order valence-corrected chi connectivity index (χ1v) is 31.4. The summed E-state index contributed by atoms with van der Waals surface area (Å²) in [4.78, 5) is 0. The molecule has 44 nitrogen and oxygen atoms in total. The van der Waals surface area contributed by atoms with Gasteiger partial charge in [-0.1, -0.05) is 0 Å². The first kappa shape index (κ1) is 80.3. The third kappa shape index (κ3) is 17.2. The highest BCUT2D eigenvalue weighted by molar-refractivity contribution is 4.99. The Morgan fingerprint density at radius 1 is 0.204 bits per heavy atom. The minimum atomic E-state index is -2.15. The fourth-order valence-corrected chi connectivity index (χ4v) is 12.2. The highest BCUT2D eigenvalue weighted by Crippen LogP contribution is 2.36. The number of hydrogen-bond donors (Lipinski definition) is 27. The predicted molar refractivity (Wildman–Crippen MR) is 294 cm³/mol. The second kappa shape index (κ2) is 34.2. The molecule has 9 fully saturated rings. The Bertz CT molecular complexity index is 2420. The molecule has 45 atom stereocenters. The molecule has 9 aliphatic rings. The molecule has 0 spiro atoms. The first-order chi connectivity index (χ1) is 46.2. The average Bonchev–Trinajstić information content (AvgIpc) is 0.789. The van der Waals surface area contributed by atoms with Crippen LogP contribution in [-0.2, 0) is 80.5 Å². The van der Waals surface area contributed by atoms with Crippen molar-refractivity contribution in [2.24, 2.45) is 0 Å². The Labute approximate surface area is 553 Å². The van der Waals surface area contributed by atoms with Gasteiger partial charge in [-0.05, 0) is 13.8 Å². The van der Waals surface area contributed by atoms with Gasteiger partial charge in [0.15, 0.2) is 56.6 Å². The van der Waals surface area contributed by atoms with Gasteiger partial charge in [0, 0.05) is 0 Å². The Balaban J connectivity index is 0.817. The maximum absolute atomic E-state index is 11.5. The molecule has 9 saturated heterocycles. The summed E-state index contributed by atoms with van der Waals surface area (Å²) in [5.74, 6) is 0. The largest absolute Gasteiger partial charge is 0.394 e. The van der Waals surface area contributed by atoms with Gasteiger partial charge in [0.25, 0.3) is 0 Å². The van der Waals surface area contributed by atoms with Crippen molar-refractivity contribution >= 4 is 0 Å². The molecule has 98 heavy (non-hydrogen) atoms.